The zero-order valence-electron chi connectivity index (χ0n) is 14.5. The number of hydrogen-bond acceptors (Lipinski definition) is 7. The van der Waals surface area contributed by atoms with Crippen molar-refractivity contribution in [2.45, 2.75) is 4.90 Å². The van der Waals surface area contributed by atoms with Crippen LogP contribution in [0.25, 0.3) is 11.5 Å². The molecule has 0 fully saturated rings. The topological polar surface area (TPSA) is 86.5 Å². The molecular weight excluding hydrogens is 354 g/mol. The van der Waals surface area contributed by atoms with Gasteiger partial charge < -0.3 is 13.9 Å². The molecule has 0 aliphatic rings. The second kappa shape index (κ2) is 7.92. The van der Waals surface area contributed by atoms with E-state index in [1.165, 1.54) is 14.2 Å². The highest BCUT2D eigenvalue weighted by atomic mass is 32.2. The Morgan fingerprint density at radius 1 is 1.08 bits per heavy atom. The number of nitrogens with one attached hydrogen (secondary N) is 1. The SMILES string of the molecule is COc1cc(OC)cc(C(=O)Nc2nnc(-c3ccccc3SC)o2)c1. The van der Waals surface area contributed by atoms with Gasteiger partial charge in [0.25, 0.3) is 11.8 Å². The van der Waals surface area contributed by atoms with Crippen molar-refractivity contribution in [3.63, 3.8) is 0 Å². The van der Waals surface area contributed by atoms with Crippen molar-refractivity contribution >= 4 is 23.7 Å². The van der Waals surface area contributed by atoms with Crippen molar-refractivity contribution in [2.24, 2.45) is 0 Å². The zero-order chi connectivity index (χ0) is 18.5. The molecule has 1 aromatic heterocycles. The van der Waals surface area contributed by atoms with E-state index >= 15 is 0 Å². The van der Waals surface area contributed by atoms with E-state index in [0.717, 1.165) is 10.5 Å². The van der Waals surface area contributed by atoms with E-state index in [2.05, 4.69) is 15.5 Å². The van der Waals surface area contributed by atoms with E-state index in [1.54, 1.807) is 30.0 Å². The fourth-order valence-electron chi connectivity index (χ4n) is 2.31. The predicted molar refractivity (Wildman–Crippen MR) is 99.0 cm³/mol. The first-order valence-electron chi connectivity index (χ1n) is 7.66. The fraction of sp³-hybridized carbons (Fsp3) is 0.167. The van der Waals surface area contributed by atoms with Gasteiger partial charge in [-0.25, -0.2) is 0 Å². The quantitative estimate of drug-likeness (QED) is 0.661. The molecule has 26 heavy (non-hydrogen) atoms. The van der Waals surface area contributed by atoms with Gasteiger partial charge in [-0.2, -0.15) is 0 Å². The minimum atomic E-state index is -0.407. The second-order valence-corrected chi connectivity index (χ2v) is 6.02. The van der Waals surface area contributed by atoms with Crippen LogP contribution in [0.2, 0.25) is 0 Å². The summed E-state index contributed by atoms with van der Waals surface area (Å²) in [6.45, 7) is 0. The summed E-state index contributed by atoms with van der Waals surface area (Å²) in [4.78, 5) is 13.5. The third-order valence-electron chi connectivity index (χ3n) is 3.60. The first-order valence-corrected chi connectivity index (χ1v) is 8.88. The first-order chi connectivity index (χ1) is 12.6. The Kier molecular flexibility index (Phi) is 5.43. The van der Waals surface area contributed by atoms with Gasteiger partial charge in [0.2, 0.25) is 0 Å². The van der Waals surface area contributed by atoms with Gasteiger partial charge >= 0.3 is 6.01 Å². The molecule has 134 valence electrons. The molecular formula is C18H17N3O4S. The highest BCUT2D eigenvalue weighted by Gasteiger charge is 2.16. The van der Waals surface area contributed by atoms with E-state index in [4.69, 9.17) is 13.9 Å². The fourth-order valence-corrected chi connectivity index (χ4v) is 2.90. The first kappa shape index (κ1) is 17.8. The molecule has 0 bridgehead atoms. The number of aromatic nitrogens is 2. The summed E-state index contributed by atoms with van der Waals surface area (Å²) in [6.07, 6.45) is 1.97. The average Bonchev–Trinajstić information content (AvgIpc) is 3.15. The molecule has 1 amide bonds. The van der Waals surface area contributed by atoms with Crippen LogP contribution in [0.3, 0.4) is 0 Å². The lowest BCUT2D eigenvalue weighted by atomic mass is 10.2. The number of ether oxygens (including phenoxy) is 2. The van der Waals surface area contributed by atoms with Gasteiger partial charge in [0, 0.05) is 16.5 Å². The van der Waals surface area contributed by atoms with Crippen LogP contribution in [-0.2, 0) is 0 Å². The molecule has 0 radical (unpaired) electrons. The number of anilines is 1. The summed E-state index contributed by atoms with van der Waals surface area (Å²) in [5.74, 6) is 0.952. The Bertz CT molecular complexity index is 904. The van der Waals surface area contributed by atoms with Gasteiger partial charge in [0.1, 0.15) is 11.5 Å². The van der Waals surface area contributed by atoms with Gasteiger partial charge in [0.15, 0.2) is 0 Å². The van der Waals surface area contributed by atoms with Crippen LogP contribution < -0.4 is 14.8 Å². The molecule has 1 N–H and O–H groups in total. The largest absolute Gasteiger partial charge is 0.497 e. The number of amides is 1. The number of carbonyl (C=O) groups excluding carboxylic acids is 1. The molecule has 0 aliphatic carbocycles. The molecule has 0 aliphatic heterocycles. The Morgan fingerprint density at radius 2 is 1.77 bits per heavy atom. The summed E-state index contributed by atoms with van der Waals surface area (Å²) in [6, 6.07) is 12.6. The van der Waals surface area contributed by atoms with Crippen LogP contribution in [-0.4, -0.2) is 36.6 Å². The van der Waals surface area contributed by atoms with Crippen molar-refractivity contribution in [2.75, 3.05) is 25.8 Å². The highest BCUT2D eigenvalue weighted by Crippen LogP contribution is 2.30. The van der Waals surface area contributed by atoms with Crippen LogP contribution >= 0.6 is 11.8 Å². The van der Waals surface area contributed by atoms with E-state index < -0.39 is 5.91 Å². The predicted octanol–water partition coefficient (Wildman–Crippen LogP) is 3.73. The number of rotatable bonds is 6. The molecule has 3 aromatic rings. The molecule has 1 heterocycles. The Hall–Kier alpha value is -3.00. The van der Waals surface area contributed by atoms with Crippen LogP contribution in [0.15, 0.2) is 51.8 Å². The maximum atomic E-state index is 12.5. The summed E-state index contributed by atoms with van der Waals surface area (Å²) in [5.41, 5.74) is 1.17. The van der Waals surface area contributed by atoms with Crippen molar-refractivity contribution < 1.29 is 18.7 Å². The maximum absolute atomic E-state index is 12.5. The number of thioether (sulfide) groups is 1. The lowest BCUT2D eigenvalue weighted by Crippen LogP contribution is -2.12. The molecule has 0 saturated carbocycles. The van der Waals surface area contributed by atoms with Crippen molar-refractivity contribution in [3.8, 4) is 23.0 Å². The van der Waals surface area contributed by atoms with Gasteiger partial charge in [-0.3, -0.25) is 10.1 Å². The number of methoxy groups -OCH3 is 2. The Labute approximate surface area is 154 Å². The number of carbonyl (C=O) groups is 1. The third kappa shape index (κ3) is 3.80. The summed E-state index contributed by atoms with van der Waals surface area (Å²) < 4.78 is 15.9. The normalized spacial score (nSPS) is 10.4. The summed E-state index contributed by atoms with van der Waals surface area (Å²) in [5, 5.41) is 10.5. The van der Waals surface area contributed by atoms with Crippen LogP contribution in [0.1, 0.15) is 10.4 Å². The van der Waals surface area contributed by atoms with Crippen molar-refractivity contribution in [1.82, 2.24) is 10.2 Å². The maximum Gasteiger partial charge on any atom is 0.322 e. The molecule has 0 unspecified atom stereocenters. The second-order valence-electron chi connectivity index (χ2n) is 5.17. The number of nitrogens with zero attached hydrogens (tertiary/aromatic N) is 2. The lowest BCUT2D eigenvalue weighted by Gasteiger charge is -2.07. The molecule has 7 nitrogen and oxygen atoms in total. The number of hydrogen-bond donors (Lipinski definition) is 1. The van der Waals surface area contributed by atoms with E-state index in [1.807, 2.05) is 30.5 Å². The highest BCUT2D eigenvalue weighted by molar-refractivity contribution is 7.98. The van der Waals surface area contributed by atoms with Crippen LogP contribution in [0.5, 0.6) is 11.5 Å². The lowest BCUT2D eigenvalue weighted by molar-refractivity contribution is 0.102. The zero-order valence-corrected chi connectivity index (χ0v) is 15.3. The molecule has 3 rings (SSSR count). The molecule has 0 spiro atoms. The average molecular weight is 371 g/mol. The smallest absolute Gasteiger partial charge is 0.322 e. The van der Waals surface area contributed by atoms with E-state index in [0.29, 0.717) is 23.0 Å². The van der Waals surface area contributed by atoms with Crippen molar-refractivity contribution in [3.05, 3.63) is 48.0 Å². The van der Waals surface area contributed by atoms with Gasteiger partial charge in [-0.15, -0.1) is 16.9 Å². The van der Waals surface area contributed by atoms with Crippen LogP contribution in [0, 0.1) is 0 Å². The summed E-state index contributed by atoms with van der Waals surface area (Å²) >= 11 is 1.58. The Morgan fingerprint density at radius 3 is 2.42 bits per heavy atom. The monoisotopic (exact) mass is 371 g/mol. The van der Waals surface area contributed by atoms with E-state index in [9.17, 15) is 4.79 Å². The number of benzene rings is 2. The van der Waals surface area contributed by atoms with Gasteiger partial charge in [-0.05, 0) is 30.5 Å². The third-order valence-corrected chi connectivity index (χ3v) is 4.39. The molecule has 0 atom stereocenters. The standard InChI is InChI=1S/C18H17N3O4S/c1-23-12-8-11(9-13(10-12)24-2)16(22)19-18-21-20-17(25-18)14-6-4-5-7-15(14)26-3/h4-10H,1-3H3,(H,19,21,22). The molecule has 0 saturated heterocycles. The van der Waals surface area contributed by atoms with Crippen LogP contribution in [0.4, 0.5) is 6.01 Å². The van der Waals surface area contributed by atoms with Gasteiger partial charge in [0.05, 0.1) is 19.8 Å². The van der Waals surface area contributed by atoms with Gasteiger partial charge in [-0.1, -0.05) is 17.2 Å². The minimum absolute atomic E-state index is 0.0164. The van der Waals surface area contributed by atoms with E-state index in [-0.39, 0.29) is 6.01 Å². The van der Waals surface area contributed by atoms with Crippen molar-refractivity contribution in [1.29, 1.82) is 0 Å². The Balaban J connectivity index is 1.82. The summed E-state index contributed by atoms with van der Waals surface area (Å²) in [7, 11) is 3.04. The minimum Gasteiger partial charge on any atom is -0.497 e. The molecule has 2 aromatic carbocycles. The molecule has 8 heteroatoms.